The third-order valence-corrected chi connectivity index (χ3v) is 4.16. The molecule has 0 saturated carbocycles. The van der Waals surface area contributed by atoms with Gasteiger partial charge in [-0.2, -0.15) is 0 Å². The maximum atomic E-state index is 6.31. The molecular formula is C13H20BClN2O2. The van der Waals surface area contributed by atoms with Crippen molar-refractivity contribution in [1.29, 1.82) is 0 Å². The molecule has 19 heavy (non-hydrogen) atoms. The Kier molecular flexibility index (Phi) is 3.58. The predicted molar refractivity (Wildman–Crippen MR) is 79.3 cm³/mol. The molecule has 1 aliphatic rings. The molecule has 0 unspecified atom stereocenters. The lowest BCUT2D eigenvalue weighted by Crippen LogP contribution is -2.41. The lowest BCUT2D eigenvalue weighted by atomic mass is 9.80. The molecule has 1 aliphatic heterocycles. The van der Waals surface area contributed by atoms with E-state index in [0.29, 0.717) is 5.02 Å². The second-order valence-electron chi connectivity index (χ2n) is 6.05. The van der Waals surface area contributed by atoms with E-state index in [2.05, 4.69) is 4.98 Å². The summed E-state index contributed by atoms with van der Waals surface area (Å²) in [6.45, 7) is 8.07. The Morgan fingerprint density at radius 1 is 1.16 bits per heavy atom. The molecule has 1 saturated heterocycles. The quantitative estimate of drug-likeness (QED) is 0.778. The van der Waals surface area contributed by atoms with Crippen molar-refractivity contribution in [2.75, 3.05) is 19.0 Å². The van der Waals surface area contributed by atoms with E-state index in [9.17, 15) is 0 Å². The minimum atomic E-state index is -0.471. The Morgan fingerprint density at radius 2 is 1.68 bits per heavy atom. The first-order valence-corrected chi connectivity index (χ1v) is 6.70. The lowest BCUT2D eigenvalue weighted by Gasteiger charge is -2.32. The minimum Gasteiger partial charge on any atom is -0.399 e. The molecule has 0 spiro atoms. The summed E-state index contributed by atoms with van der Waals surface area (Å²) in [5, 5.41) is 0.609. The van der Waals surface area contributed by atoms with Crippen LogP contribution in [0.1, 0.15) is 27.7 Å². The Balaban J connectivity index is 2.30. The Labute approximate surface area is 120 Å². The van der Waals surface area contributed by atoms with E-state index in [4.69, 9.17) is 20.9 Å². The SMILES string of the molecule is CN(C)c1cc(Cl)c(B2OC(C)(C)C(C)(C)O2)cn1. The molecule has 0 amide bonds. The van der Waals surface area contributed by atoms with Crippen molar-refractivity contribution in [3.63, 3.8) is 0 Å². The lowest BCUT2D eigenvalue weighted by molar-refractivity contribution is 0.00578. The fourth-order valence-corrected chi connectivity index (χ4v) is 2.05. The van der Waals surface area contributed by atoms with Crippen LogP contribution in [0.5, 0.6) is 0 Å². The van der Waals surface area contributed by atoms with Crippen LogP contribution in [0.25, 0.3) is 0 Å². The van der Waals surface area contributed by atoms with E-state index in [1.54, 1.807) is 6.20 Å². The summed E-state index contributed by atoms with van der Waals surface area (Å²) in [7, 11) is 3.38. The van der Waals surface area contributed by atoms with Gasteiger partial charge in [-0.25, -0.2) is 4.98 Å². The van der Waals surface area contributed by atoms with Crippen molar-refractivity contribution < 1.29 is 9.31 Å². The average molecular weight is 283 g/mol. The van der Waals surface area contributed by atoms with Gasteiger partial charge in [0.2, 0.25) is 0 Å². The molecular weight excluding hydrogens is 262 g/mol. The number of hydrogen-bond acceptors (Lipinski definition) is 4. The Morgan fingerprint density at radius 3 is 2.11 bits per heavy atom. The zero-order chi connectivity index (χ0) is 14.4. The van der Waals surface area contributed by atoms with E-state index in [0.717, 1.165) is 11.3 Å². The first-order valence-electron chi connectivity index (χ1n) is 6.32. The van der Waals surface area contributed by atoms with Gasteiger partial charge in [0, 0.05) is 30.8 Å². The minimum absolute atomic E-state index is 0.374. The van der Waals surface area contributed by atoms with Crippen LogP contribution in [0.3, 0.4) is 0 Å². The zero-order valence-electron chi connectivity index (χ0n) is 12.3. The predicted octanol–water partition coefficient (Wildman–Crippen LogP) is 2.10. The highest BCUT2D eigenvalue weighted by atomic mass is 35.5. The van der Waals surface area contributed by atoms with Crippen LogP contribution in [0.2, 0.25) is 5.02 Å². The van der Waals surface area contributed by atoms with E-state index in [-0.39, 0.29) is 11.2 Å². The van der Waals surface area contributed by atoms with Gasteiger partial charge in [0.15, 0.2) is 0 Å². The van der Waals surface area contributed by atoms with Gasteiger partial charge in [-0.1, -0.05) is 11.6 Å². The third kappa shape index (κ3) is 2.60. The van der Waals surface area contributed by atoms with Crippen molar-refractivity contribution in [3.8, 4) is 0 Å². The molecule has 0 aromatic carbocycles. The third-order valence-electron chi connectivity index (χ3n) is 3.83. The summed E-state index contributed by atoms with van der Waals surface area (Å²) in [4.78, 5) is 6.26. The van der Waals surface area contributed by atoms with Crippen LogP contribution < -0.4 is 10.4 Å². The highest BCUT2D eigenvalue weighted by Crippen LogP contribution is 2.37. The monoisotopic (exact) mass is 282 g/mol. The van der Waals surface area contributed by atoms with Gasteiger partial charge in [0.1, 0.15) is 5.82 Å². The highest BCUT2D eigenvalue weighted by molar-refractivity contribution is 6.65. The number of pyridine rings is 1. The number of anilines is 1. The zero-order valence-corrected chi connectivity index (χ0v) is 13.1. The molecule has 0 aliphatic carbocycles. The standard InChI is InChI=1S/C13H20BClN2O2/c1-12(2)13(3,4)19-14(18-12)9-8-16-11(17(5)6)7-10(9)15/h7-8H,1-6H3. The van der Waals surface area contributed by atoms with Gasteiger partial charge >= 0.3 is 7.12 Å². The van der Waals surface area contributed by atoms with E-state index < -0.39 is 7.12 Å². The Bertz CT molecular complexity index is 476. The molecule has 1 aromatic heterocycles. The summed E-state index contributed by atoms with van der Waals surface area (Å²) in [5.74, 6) is 0.810. The topological polar surface area (TPSA) is 34.6 Å². The molecule has 0 N–H and O–H groups in total. The maximum absolute atomic E-state index is 6.31. The normalized spacial score (nSPS) is 20.7. The molecule has 1 aromatic rings. The summed E-state index contributed by atoms with van der Waals surface area (Å²) in [5.41, 5.74) is 0.0218. The summed E-state index contributed by atoms with van der Waals surface area (Å²) >= 11 is 6.31. The fourth-order valence-electron chi connectivity index (χ4n) is 1.82. The molecule has 2 rings (SSSR count). The van der Waals surface area contributed by atoms with E-state index >= 15 is 0 Å². The maximum Gasteiger partial charge on any atom is 0.497 e. The smallest absolute Gasteiger partial charge is 0.399 e. The van der Waals surface area contributed by atoms with Crippen LogP contribution in [-0.4, -0.2) is 37.4 Å². The first-order chi connectivity index (χ1) is 8.64. The molecule has 104 valence electrons. The largest absolute Gasteiger partial charge is 0.497 e. The van der Waals surface area contributed by atoms with Gasteiger partial charge in [-0.05, 0) is 33.8 Å². The molecule has 1 fully saturated rings. The van der Waals surface area contributed by atoms with Crippen molar-refractivity contribution in [3.05, 3.63) is 17.3 Å². The van der Waals surface area contributed by atoms with Gasteiger partial charge in [-0.15, -0.1) is 0 Å². The fraction of sp³-hybridized carbons (Fsp3) is 0.615. The van der Waals surface area contributed by atoms with Crippen molar-refractivity contribution in [1.82, 2.24) is 4.98 Å². The molecule has 6 heteroatoms. The summed E-state index contributed by atoms with van der Waals surface area (Å²) in [6, 6.07) is 1.82. The second kappa shape index (κ2) is 4.65. The van der Waals surface area contributed by atoms with Crippen LogP contribution in [-0.2, 0) is 9.31 Å². The van der Waals surface area contributed by atoms with Crippen LogP contribution >= 0.6 is 11.6 Å². The van der Waals surface area contributed by atoms with Gasteiger partial charge < -0.3 is 14.2 Å². The van der Waals surface area contributed by atoms with Crippen LogP contribution in [0.4, 0.5) is 5.82 Å². The number of halogens is 1. The number of rotatable bonds is 2. The van der Waals surface area contributed by atoms with Gasteiger partial charge in [-0.3, -0.25) is 0 Å². The van der Waals surface area contributed by atoms with Crippen LogP contribution in [0, 0.1) is 0 Å². The second-order valence-corrected chi connectivity index (χ2v) is 6.45. The number of aromatic nitrogens is 1. The van der Waals surface area contributed by atoms with Gasteiger partial charge in [0.25, 0.3) is 0 Å². The molecule has 0 radical (unpaired) electrons. The summed E-state index contributed by atoms with van der Waals surface area (Å²) < 4.78 is 11.9. The van der Waals surface area contributed by atoms with Crippen LogP contribution in [0.15, 0.2) is 12.3 Å². The van der Waals surface area contributed by atoms with Crippen molar-refractivity contribution in [2.45, 2.75) is 38.9 Å². The molecule has 4 nitrogen and oxygen atoms in total. The van der Waals surface area contributed by atoms with E-state index in [1.807, 2.05) is 52.8 Å². The summed E-state index contributed by atoms with van der Waals surface area (Å²) in [6.07, 6.45) is 1.72. The van der Waals surface area contributed by atoms with Crippen molar-refractivity contribution in [2.24, 2.45) is 0 Å². The van der Waals surface area contributed by atoms with E-state index in [1.165, 1.54) is 0 Å². The molecule has 2 heterocycles. The highest BCUT2D eigenvalue weighted by Gasteiger charge is 2.52. The Hall–Kier alpha value is -0.775. The van der Waals surface area contributed by atoms with Gasteiger partial charge in [0.05, 0.1) is 11.2 Å². The first kappa shape index (κ1) is 14.6. The molecule has 0 bridgehead atoms. The number of nitrogens with zero attached hydrogens (tertiary/aromatic N) is 2. The molecule has 0 atom stereocenters. The number of hydrogen-bond donors (Lipinski definition) is 0. The van der Waals surface area contributed by atoms with Crippen molar-refractivity contribution >= 4 is 30.0 Å². The average Bonchev–Trinajstić information content (AvgIpc) is 2.47.